The van der Waals surface area contributed by atoms with Gasteiger partial charge in [-0.2, -0.15) is 0 Å². The zero-order valence-corrected chi connectivity index (χ0v) is 19.2. The smallest absolute Gasteiger partial charge is 0.402 e. The molecule has 0 radical (unpaired) electrons. The second kappa shape index (κ2) is 8.79. The number of likely N-dealkylation sites (tertiary alicyclic amines) is 1. The van der Waals surface area contributed by atoms with Crippen molar-refractivity contribution in [2.24, 2.45) is 28.5 Å². The fourth-order valence-corrected chi connectivity index (χ4v) is 5.58. The summed E-state index contributed by atoms with van der Waals surface area (Å²) in [4.78, 5) is 11.2. The van der Waals surface area contributed by atoms with Gasteiger partial charge in [-0.25, -0.2) is 4.98 Å². The van der Waals surface area contributed by atoms with E-state index in [0.29, 0.717) is 34.6 Å². The number of nitrogen functional groups attached to an aromatic ring is 1. The molecule has 7 nitrogen and oxygen atoms in total. The lowest BCUT2D eigenvalue weighted by atomic mass is 9.78. The van der Waals surface area contributed by atoms with Crippen LogP contribution in [-0.2, 0) is 4.74 Å². The van der Waals surface area contributed by atoms with Gasteiger partial charge in [0.15, 0.2) is 11.6 Å². The van der Waals surface area contributed by atoms with Crippen LogP contribution in [-0.4, -0.2) is 60.3 Å². The Hall–Kier alpha value is -2.33. The molecule has 0 amide bonds. The maximum atomic E-state index is 12.7. The van der Waals surface area contributed by atoms with Crippen molar-refractivity contribution in [1.29, 1.82) is 0 Å². The van der Waals surface area contributed by atoms with Gasteiger partial charge in [0.05, 0.1) is 6.61 Å². The third-order valence-electron chi connectivity index (χ3n) is 7.14. The van der Waals surface area contributed by atoms with Gasteiger partial charge < -0.3 is 20.9 Å². The molecule has 10 heteroatoms. The lowest BCUT2D eigenvalue weighted by Gasteiger charge is -2.52. The van der Waals surface area contributed by atoms with Crippen molar-refractivity contribution < 1.29 is 22.6 Å². The first-order valence-electron chi connectivity index (χ1n) is 11.3. The Morgan fingerprint density at radius 1 is 1.36 bits per heavy atom. The highest BCUT2D eigenvalue weighted by molar-refractivity contribution is 6.04. The molecule has 3 aliphatic rings. The number of halogens is 3. The molecular weight excluding hydrogens is 435 g/mol. The Balaban J connectivity index is 1.50. The highest BCUT2D eigenvalue weighted by Gasteiger charge is 2.65. The Labute approximate surface area is 192 Å². The monoisotopic (exact) mass is 467 g/mol. The van der Waals surface area contributed by atoms with Crippen LogP contribution in [0.3, 0.4) is 0 Å². The van der Waals surface area contributed by atoms with Gasteiger partial charge in [-0.15, -0.1) is 13.2 Å². The van der Waals surface area contributed by atoms with E-state index in [9.17, 15) is 13.2 Å². The zero-order valence-electron chi connectivity index (χ0n) is 19.2. The van der Waals surface area contributed by atoms with E-state index < -0.39 is 12.1 Å². The molecule has 2 atom stereocenters. The number of hydrogen-bond acceptors (Lipinski definition) is 7. The Bertz CT molecular complexity index is 935. The molecule has 1 aromatic rings. The standard InChI is InChI=1S/C23H32F3N5O2/c1-13(2)30-18(9-17(27)14-8-19(21(28)29-12-14)33-23(24,25)26)20-15-10-22(11-16(15)20)4-5-31(22)6-7-32-3/h8-9,12-13,15-16,20H,4-7,10-11,27H2,1-3H3,(H2,28,29). The molecule has 33 heavy (non-hydrogen) atoms. The second-order valence-electron chi connectivity index (χ2n) is 9.62. The van der Waals surface area contributed by atoms with Crippen LogP contribution in [0.25, 0.3) is 5.70 Å². The summed E-state index contributed by atoms with van der Waals surface area (Å²) in [6, 6.07) is 1.24. The van der Waals surface area contributed by atoms with E-state index in [2.05, 4.69) is 14.6 Å². The van der Waals surface area contributed by atoms with Crippen LogP contribution in [0.5, 0.6) is 5.75 Å². The van der Waals surface area contributed by atoms with E-state index in [0.717, 1.165) is 38.2 Å². The van der Waals surface area contributed by atoms with E-state index in [1.54, 1.807) is 13.2 Å². The number of hydrogen-bond donors (Lipinski definition) is 2. The van der Waals surface area contributed by atoms with Crippen molar-refractivity contribution in [3.05, 3.63) is 23.9 Å². The van der Waals surface area contributed by atoms with E-state index in [-0.39, 0.29) is 11.9 Å². The topological polar surface area (TPSA) is 99.0 Å². The van der Waals surface area contributed by atoms with Crippen molar-refractivity contribution in [2.75, 3.05) is 32.5 Å². The van der Waals surface area contributed by atoms with Crippen molar-refractivity contribution >= 4 is 17.2 Å². The van der Waals surface area contributed by atoms with Crippen molar-refractivity contribution in [3.8, 4) is 5.75 Å². The minimum atomic E-state index is -4.86. The summed E-state index contributed by atoms with van der Waals surface area (Å²) >= 11 is 0. The van der Waals surface area contributed by atoms with Crippen LogP contribution in [0.15, 0.2) is 23.3 Å². The molecule has 1 saturated heterocycles. The van der Waals surface area contributed by atoms with Gasteiger partial charge >= 0.3 is 6.36 Å². The van der Waals surface area contributed by atoms with Gasteiger partial charge in [0.2, 0.25) is 0 Å². The molecule has 1 aliphatic heterocycles. The molecule has 1 aromatic heterocycles. The number of pyridine rings is 1. The number of nitrogens with two attached hydrogens (primary N) is 2. The molecule has 2 aliphatic carbocycles. The first-order valence-corrected chi connectivity index (χ1v) is 11.3. The number of anilines is 1. The quantitative estimate of drug-likeness (QED) is 0.568. The fourth-order valence-electron chi connectivity index (χ4n) is 5.58. The summed E-state index contributed by atoms with van der Waals surface area (Å²) in [7, 11) is 1.73. The fraction of sp³-hybridized carbons (Fsp3) is 0.652. The molecule has 4 N–H and O–H groups in total. The largest absolute Gasteiger partial charge is 0.573 e. The summed E-state index contributed by atoms with van der Waals surface area (Å²) < 4.78 is 47.2. The Morgan fingerprint density at radius 2 is 2.06 bits per heavy atom. The van der Waals surface area contributed by atoms with Crippen LogP contribution in [0.1, 0.15) is 38.7 Å². The van der Waals surface area contributed by atoms with Crippen LogP contribution in [0.4, 0.5) is 19.0 Å². The zero-order chi connectivity index (χ0) is 24.0. The summed E-state index contributed by atoms with van der Waals surface area (Å²) in [5.74, 6) is 0.538. The summed E-state index contributed by atoms with van der Waals surface area (Å²) in [6.45, 7) is 6.84. The molecule has 0 bridgehead atoms. The van der Waals surface area contributed by atoms with Crippen molar-refractivity contribution in [3.63, 3.8) is 0 Å². The van der Waals surface area contributed by atoms with Gasteiger partial charge in [0.1, 0.15) is 0 Å². The van der Waals surface area contributed by atoms with Gasteiger partial charge in [0.25, 0.3) is 0 Å². The highest BCUT2D eigenvalue weighted by Crippen LogP contribution is 2.65. The van der Waals surface area contributed by atoms with E-state index in [1.165, 1.54) is 18.7 Å². The predicted octanol–water partition coefficient (Wildman–Crippen LogP) is 3.46. The van der Waals surface area contributed by atoms with Crippen LogP contribution < -0.4 is 16.2 Å². The number of ether oxygens (including phenoxy) is 2. The maximum absolute atomic E-state index is 12.7. The second-order valence-corrected chi connectivity index (χ2v) is 9.62. The predicted molar refractivity (Wildman–Crippen MR) is 121 cm³/mol. The van der Waals surface area contributed by atoms with Crippen molar-refractivity contribution in [2.45, 2.75) is 51.1 Å². The van der Waals surface area contributed by atoms with Gasteiger partial charge in [-0.05, 0) is 57.1 Å². The molecular formula is C23H32F3N5O2. The maximum Gasteiger partial charge on any atom is 0.573 e. The van der Waals surface area contributed by atoms with Crippen LogP contribution in [0, 0.1) is 17.8 Å². The van der Waals surface area contributed by atoms with Crippen molar-refractivity contribution in [1.82, 2.24) is 9.88 Å². The van der Waals surface area contributed by atoms with E-state index in [4.69, 9.17) is 21.2 Å². The lowest BCUT2D eigenvalue weighted by molar-refractivity contribution is -0.274. The third-order valence-corrected chi connectivity index (χ3v) is 7.14. The molecule has 2 unspecified atom stereocenters. The minimum absolute atomic E-state index is 0.0786. The first kappa shape index (κ1) is 23.8. The Morgan fingerprint density at radius 3 is 2.61 bits per heavy atom. The number of fused-ring (bicyclic) bond motifs is 1. The number of nitrogens with zero attached hydrogens (tertiary/aromatic N) is 3. The first-order chi connectivity index (χ1) is 15.5. The molecule has 4 rings (SSSR count). The number of aromatic nitrogens is 1. The van der Waals surface area contributed by atoms with Gasteiger partial charge in [-0.3, -0.25) is 9.89 Å². The van der Waals surface area contributed by atoms with E-state index in [1.807, 2.05) is 13.8 Å². The molecule has 1 spiro atoms. The number of rotatable bonds is 8. The summed E-state index contributed by atoms with van der Waals surface area (Å²) in [6.07, 6.45) is 1.78. The number of methoxy groups -OCH3 is 1. The van der Waals surface area contributed by atoms with Crippen LogP contribution >= 0.6 is 0 Å². The average molecular weight is 468 g/mol. The summed E-state index contributed by atoms with van der Waals surface area (Å²) in [5, 5.41) is 0. The number of aliphatic imine (C=N–C) groups is 1. The summed E-state index contributed by atoms with van der Waals surface area (Å²) in [5.41, 5.74) is 13.6. The number of allylic oxidation sites excluding steroid dienone is 1. The Kier molecular flexibility index (Phi) is 6.34. The molecule has 0 aromatic carbocycles. The van der Waals surface area contributed by atoms with Crippen LogP contribution in [0.2, 0.25) is 0 Å². The van der Waals surface area contributed by atoms with Gasteiger partial charge in [-0.1, -0.05) is 0 Å². The minimum Gasteiger partial charge on any atom is -0.402 e. The number of alkyl halides is 3. The molecule has 182 valence electrons. The molecule has 2 saturated carbocycles. The molecule has 3 fully saturated rings. The molecule has 2 heterocycles. The van der Waals surface area contributed by atoms with E-state index >= 15 is 0 Å². The normalized spacial score (nSPS) is 30.0. The SMILES string of the molecule is COCCN1CCC12CC1C(C2)C1C(C=C(N)c1cnc(N)c(OC(F)(F)F)c1)=NC(C)C. The average Bonchev–Trinajstić information content (AvgIpc) is 3.21. The highest BCUT2D eigenvalue weighted by atomic mass is 19.4. The van der Waals surface area contributed by atoms with Gasteiger partial charge in [0, 0.05) is 60.9 Å². The third kappa shape index (κ3) is 4.96. The lowest BCUT2D eigenvalue weighted by Crippen LogP contribution is -2.60.